The first-order chi connectivity index (χ1) is 11.1. The van der Waals surface area contributed by atoms with E-state index in [4.69, 9.17) is 4.52 Å². The lowest BCUT2D eigenvalue weighted by atomic mass is 10.1. The minimum Gasteiger partial charge on any atom is -0.360 e. The number of amides is 1. The Hall–Kier alpha value is -2.19. The van der Waals surface area contributed by atoms with Gasteiger partial charge in [-0.25, -0.2) is 4.98 Å². The maximum absolute atomic E-state index is 11.9. The van der Waals surface area contributed by atoms with Crippen molar-refractivity contribution in [1.29, 1.82) is 0 Å². The Bertz CT molecular complexity index is 811. The number of carbonyl (C=O) groups is 1. The van der Waals surface area contributed by atoms with Crippen LogP contribution in [0.2, 0.25) is 0 Å². The van der Waals surface area contributed by atoms with Gasteiger partial charge in [-0.05, 0) is 25.4 Å². The maximum Gasteiger partial charge on any atom is 0.236 e. The molecule has 0 radical (unpaired) electrons. The average Bonchev–Trinajstić information content (AvgIpc) is 3.15. The van der Waals surface area contributed by atoms with Gasteiger partial charge in [-0.15, -0.1) is 0 Å². The van der Waals surface area contributed by atoms with Gasteiger partial charge in [-0.2, -0.15) is 4.37 Å². The number of aromatic nitrogens is 3. The molecule has 23 heavy (non-hydrogen) atoms. The van der Waals surface area contributed by atoms with Crippen molar-refractivity contribution in [2.45, 2.75) is 18.2 Å². The normalized spacial score (nSPS) is 10.7. The Labute approximate surface area is 141 Å². The van der Waals surface area contributed by atoms with Gasteiger partial charge in [-0.1, -0.05) is 46.7 Å². The van der Waals surface area contributed by atoms with Gasteiger partial charge in [0, 0.05) is 11.6 Å². The van der Waals surface area contributed by atoms with Gasteiger partial charge < -0.3 is 9.84 Å². The van der Waals surface area contributed by atoms with Crippen molar-refractivity contribution >= 4 is 35.0 Å². The molecule has 0 aliphatic heterocycles. The topological polar surface area (TPSA) is 80.9 Å². The van der Waals surface area contributed by atoms with Crippen molar-refractivity contribution in [3.8, 4) is 11.4 Å². The highest BCUT2D eigenvalue weighted by Gasteiger charge is 2.11. The van der Waals surface area contributed by atoms with Gasteiger partial charge in [0.15, 0.2) is 16.0 Å². The Kier molecular flexibility index (Phi) is 4.73. The third-order valence-electron chi connectivity index (χ3n) is 2.94. The number of carbonyl (C=O) groups excluding carboxylic acids is 1. The second kappa shape index (κ2) is 6.93. The molecule has 0 unspecified atom stereocenters. The summed E-state index contributed by atoms with van der Waals surface area (Å²) < 4.78 is 9.99. The third kappa shape index (κ3) is 4.17. The van der Waals surface area contributed by atoms with Crippen molar-refractivity contribution in [3.63, 3.8) is 0 Å². The van der Waals surface area contributed by atoms with Crippen LogP contribution in [0.5, 0.6) is 0 Å². The third-order valence-corrected chi connectivity index (χ3v) is 4.77. The molecule has 118 valence electrons. The summed E-state index contributed by atoms with van der Waals surface area (Å²) in [5.41, 5.74) is 2.17. The van der Waals surface area contributed by atoms with E-state index in [0.29, 0.717) is 17.4 Å². The first-order valence-corrected chi connectivity index (χ1v) is 8.63. The molecule has 0 saturated carbocycles. The van der Waals surface area contributed by atoms with E-state index in [1.165, 1.54) is 28.9 Å². The summed E-state index contributed by atoms with van der Waals surface area (Å²) in [6.07, 6.45) is 0. The van der Waals surface area contributed by atoms with Gasteiger partial charge in [0.05, 0.1) is 5.75 Å². The zero-order valence-corrected chi connectivity index (χ0v) is 14.2. The fourth-order valence-corrected chi connectivity index (χ4v) is 3.23. The lowest BCUT2D eigenvalue weighted by Crippen LogP contribution is -2.14. The number of aryl methyl sites for hydroxylation is 2. The van der Waals surface area contributed by atoms with Gasteiger partial charge in [0.25, 0.3) is 0 Å². The molecular weight excluding hydrogens is 332 g/mol. The minimum absolute atomic E-state index is 0.157. The maximum atomic E-state index is 11.9. The molecule has 1 amide bonds. The fraction of sp³-hybridized carbons (Fsp3) is 0.200. The number of hydrogen-bond acceptors (Lipinski definition) is 7. The molecule has 6 nitrogen and oxygen atoms in total. The van der Waals surface area contributed by atoms with Crippen LogP contribution in [0.25, 0.3) is 11.4 Å². The lowest BCUT2D eigenvalue weighted by molar-refractivity contribution is -0.113. The van der Waals surface area contributed by atoms with Crippen LogP contribution in [-0.4, -0.2) is 26.2 Å². The van der Waals surface area contributed by atoms with E-state index >= 15 is 0 Å². The van der Waals surface area contributed by atoms with Crippen LogP contribution in [-0.2, 0) is 4.79 Å². The molecule has 0 aliphatic carbocycles. The predicted molar refractivity (Wildman–Crippen MR) is 90.7 cm³/mol. The lowest BCUT2D eigenvalue weighted by Gasteiger charge is -1.98. The van der Waals surface area contributed by atoms with E-state index in [9.17, 15) is 4.79 Å². The van der Waals surface area contributed by atoms with Crippen LogP contribution in [0.3, 0.4) is 0 Å². The highest BCUT2D eigenvalue weighted by atomic mass is 32.2. The summed E-state index contributed by atoms with van der Waals surface area (Å²) in [4.78, 5) is 16.3. The standard InChI is InChI=1S/C15H14N4O2S2/c1-9-3-5-11(6-4-9)14-17-15(23-19-14)22-8-13(20)16-12-7-10(2)21-18-12/h3-7H,8H2,1-2H3,(H,16,18,20). The molecule has 0 saturated heterocycles. The van der Waals surface area contributed by atoms with Crippen molar-refractivity contribution < 1.29 is 9.32 Å². The Morgan fingerprint density at radius 3 is 2.78 bits per heavy atom. The van der Waals surface area contributed by atoms with Gasteiger partial charge >= 0.3 is 0 Å². The Balaban J connectivity index is 1.56. The van der Waals surface area contributed by atoms with E-state index in [2.05, 4.69) is 19.8 Å². The first kappa shape index (κ1) is 15.7. The van der Waals surface area contributed by atoms with Crippen molar-refractivity contribution in [1.82, 2.24) is 14.5 Å². The zero-order chi connectivity index (χ0) is 16.2. The highest BCUT2D eigenvalue weighted by Crippen LogP contribution is 2.25. The molecule has 0 atom stereocenters. The molecule has 2 aromatic heterocycles. The van der Waals surface area contributed by atoms with Crippen LogP contribution in [0.15, 0.2) is 39.2 Å². The van der Waals surface area contributed by atoms with Crippen molar-refractivity contribution in [2.75, 3.05) is 11.1 Å². The van der Waals surface area contributed by atoms with Gasteiger partial charge in [0.2, 0.25) is 5.91 Å². The number of anilines is 1. The SMILES string of the molecule is Cc1ccc(-c2nsc(SCC(=O)Nc3cc(C)on3)n2)cc1. The van der Waals surface area contributed by atoms with Crippen LogP contribution in [0.1, 0.15) is 11.3 Å². The quantitative estimate of drug-likeness (QED) is 0.712. The molecule has 0 spiro atoms. The highest BCUT2D eigenvalue weighted by molar-refractivity contribution is 8.01. The molecule has 1 N–H and O–H groups in total. The number of hydrogen-bond donors (Lipinski definition) is 1. The van der Waals surface area contributed by atoms with Crippen molar-refractivity contribution in [2.24, 2.45) is 0 Å². The summed E-state index contributed by atoms with van der Waals surface area (Å²) in [5, 5.41) is 6.39. The molecule has 3 rings (SSSR count). The van der Waals surface area contributed by atoms with E-state index in [0.717, 1.165) is 9.90 Å². The Morgan fingerprint density at radius 2 is 2.09 bits per heavy atom. The van der Waals surface area contributed by atoms with E-state index < -0.39 is 0 Å². The summed E-state index contributed by atoms with van der Waals surface area (Å²) in [6, 6.07) is 9.70. The Morgan fingerprint density at radius 1 is 1.30 bits per heavy atom. The van der Waals surface area contributed by atoms with Crippen molar-refractivity contribution in [3.05, 3.63) is 41.7 Å². The molecule has 8 heteroatoms. The van der Waals surface area contributed by atoms with Crippen LogP contribution in [0.4, 0.5) is 5.82 Å². The largest absolute Gasteiger partial charge is 0.360 e. The summed E-state index contributed by atoms with van der Waals surface area (Å²) in [7, 11) is 0. The smallest absolute Gasteiger partial charge is 0.236 e. The second-order valence-electron chi connectivity index (χ2n) is 4.91. The molecule has 1 aromatic carbocycles. The summed E-state index contributed by atoms with van der Waals surface area (Å²) in [6.45, 7) is 3.81. The van der Waals surface area contributed by atoms with Crippen LogP contribution in [0, 0.1) is 13.8 Å². The fourth-order valence-electron chi connectivity index (χ4n) is 1.82. The number of nitrogens with zero attached hydrogens (tertiary/aromatic N) is 3. The summed E-state index contributed by atoms with van der Waals surface area (Å²) in [5.74, 6) is 1.85. The average molecular weight is 346 g/mol. The first-order valence-electron chi connectivity index (χ1n) is 6.87. The number of benzene rings is 1. The van der Waals surface area contributed by atoms with E-state index in [1.807, 2.05) is 31.2 Å². The summed E-state index contributed by atoms with van der Waals surface area (Å²) >= 11 is 2.64. The monoisotopic (exact) mass is 346 g/mol. The number of thioether (sulfide) groups is 1. The molecule has 0 aliphatic rings. The molecule has 3 aromatic rings. The van der Waals surface area contributed by atoms with Crippen LogP contribution >= 0.6 is 23.3 Å². The van der Waals surface area contributed by atoms with E-state index in [-0.39, 0.29) is 11.7 Å². The molecule has 0 bridgehead atoms. The van der Waals surface area contributed by atoms with Crippen LogP contribution < -0.4 is 5.32 Å². The van der Waals surface area contributed by atoms with Gasteiger partial charge in [-0.3, -0.25) is 4.79 Å². The van der Waals surface area contributed by atoms with E-state index in [1.54, 1.807) is 13.0 Å². The zero-order valence-electron chi connectivity index (χ0n) is 12.6. The number of rotatable bonds is 5. The van der Waals surface area contributed by atoms with Gasteiger partial charge in [0.1, 0.15) is 5.76 Å². The molecular formula is C15H14N4O2S2. The molecule has 0 fully saturated rings. The second-order valence-corrected chi connectivity index (χ2v) is 6.88. The predicted octanol–water partition coefficient (Wildman–Crippen LogP) is 3.54. The number of nitrogens with one attached hydrogen (secondary N) is 1. The molecule has 2 heterocycles. The minimum atomic E-state index is -0.157.